The van der Waals surface area contributed by atoms with Gasteiger partial charge in [0, 0.05) is 37.9 Å². The van der Waals surface area contributed by atoms with Crippen molar-refractivity contribution in [1.82, 2.24) is 20.0 Å². The maximum Gasteiger partial charge on any atom is 0.226 e. The normalized spacial score (nSPS) is 21.4. The molecular weight excluding hydrogens is 244 g/mol. The van der Waals surface area contributed by atoms with E-state index in [0.717, 1.165) is 0 Å². The first kappa shape index (κ1) is 14.0. The minimum absolute atomic E-state index is 0.00783. The van der Waals surface area contributed by atoms with Crippen molar-refractivity contribution in [2.75, 3.05) is 33.3 Å². The van der Waals surface area contributed by atoms with Gasteiger partial charge in [0.05, 0.1) is 19.3 Å². The Hall–Kier alpha value is -1.40. The van der Waals surface area contributed by atoms with Crippen LogP contribution < -0.4 is 5.32 Å². The second-order valence-corrected chi connectivity index (χ2v) is 4.96. The van der Waals surface area contributed by atoms with E-state index in [2.05, 4.69) is 10.4 Å². The Morgan fingerprint density at radius 3 is 3.16 bits per heavy atom. The van der Waals surface area contributed by atoms with Crippen LogP contribution in [0.15, 0.2) is 18.5 Å². The summed E-state index contributed by atoms with van der Waals surface area (Å²) < 4.78 is 7.54. The second-order valence-electron chi connectivity index (χ2n) is 4.96. The van der Waals surface area contributed by atoms with Gasteiger partial charge in [-0.3, -0.25) is 9.48 Å². The summed E-state index contributed by atoms with van der Waals surface area (Å²) in [5, 5.41) is 7.21. The van der Waals surface area contributed by atoms with Gasteiger partial charge in [-0.1, -0.05) is 6.92 Å². The summed E-state index contributed by atoms with van der Waals surface area (Å²) in [6, 6.07) is 1.89. The lowest BCUT2D eigenvalue weighted by Gasteiger charge is -2.34. The average molecular weight is 266 g/mol. The molecule has 0 saturated carbocycles. The number of ether oxygens (including phenoxy) is 1. The largest absolute Gasteiger partial charge is 0.373 e. The van der Waals surface area contributed by atoms with E-state index in [0.29, 0.717) is 32.8 Å². The summed E-state index contributed by atoms with van der Waals surface area (Å²) in [5.74, 6) is 0.205. The Morgan fingerprint density at radius 1 is 1.63 bits per heavy atom. The molecule has 2 atom stereocenters. The Bertz CT molecular complexity index is 393. The zero-order valence-electron chi connectivity index (χ0n) is 11.6. The summed E-state index contributed by atoms with van der Waals surface area (Å²) >= 11 is 0. The zero-order chi connectivity index (χ0) is 13.7. The zero-order valence-corrected chi connectivity index (χ0v) is 11.6. The highest BCUT2D eigenvalue weighted by Crippen LogP contribution is 2.11. The predicted octanol–water partition coefficient (Wildman–Crippen LogP) is -0.0340. The summed E-state index contributed by atoms with van der Waals surface area (Å²) in [5.41, 5.74) is 0. The molecule has 1 aromatic rings. The molecule has 0 aromatic carbocycles. The first-order chi connectivity index (χ1) is 9.20. The van der Waals surface area contributed by atoms with Crippen molar-refractivity contribution in [2.24, 2.45) is 5.92 Å². The Morgan fingerprint density at radius 2 is 2.47 bits per heavy atom. The smallest absolute Gasteiger partial charge is 0.226 e. The maximum absolute atomic E-state index is 12.2. The number of amides is 1. The minimum Gasteiger partial charge on any atom is -0.373 e. The molecule has 0 radical (unpaired) electrons. The van der Waals surface area contributed by atoms with E-state index < -0.39 is 0 Å². The van der Waals surface area contributed by atoms with E-state index in [-0.39, 0.29) is 17.9 Å². The first-order valence-electron chi connectivity index (χ1n) is 6.73. The quantitative estimate of drug-likeness (QED) is 0.813. The van der Waals surface area contributed by atoms with Gasteiger partial charge in [-0.05, 0) is 13.1 Å². The standard InChI is InChI=1S/C13H22N4O2/c1-11(8-14-2)13(18)16-6-7-19-12(9-16)10-17-5-3-4-15-17/h3-5,11-12,14H,6-10H2,1-2H3. The van der Waals surface area contributed by atoms with Gasteiger partial charge < -0.3 is 15.0 Å². The van der Waals surface area contributed by atoms with Crippen LogP contribution in [0, 0.1) is 5.92 Å². The van der Waals surface area contributed by atoms with Crippen LogP contribution in [0.4, 0.5) is 0 Å². The molecule has 6 nitrogen and oxygen atoms in total. The van der Waals surface area contributed by atoms with E-state index in [4.69, 9.17) is 4.74 Å². The highest BCUT2D eigenvalue weighted by atomic mass is 16.5. The van der Waals surface area contributed by atoms with E-state index in [1.807, 2.05) is 35.8 Å². The molecule has 0 spiro atoms. The average Bonchev–Trinajstić information content (AvgIpc) is 2.91. The van der Waals surface area contributed by atoms with E-state index in [1.54, 1.807) is 6.20 Å². The van der Waals surface area contributed by atoms with Gasteiger partial charge in [0.25, 0.3) is 0 Å². The molecule has 1 amide bonds. The van der Waals surface area contributed by atoms with Crippen molar-refractivity contribution < 1.29 is 9.53 Å². The molecule has 0 aliphatic carbocycles. The van der Waals surface area contributed by atoms with Gasteiger partial charge in [-0.15, -0.1) is 0 Å². The van der Waals surface area contributed by atoms with Crippen molar-refractivity contribution >= 4 is 5.91 Å². The molecular formula is C13H22N4O2. The highest BCUT2D eigenvalue weighted by Gasteiger charge is 2.27. The van der Waals surface area contributed by atoms with Crippen LogP contribution in [0.2, 0.25) is 0 Å². The lowest BCUT2D eigenvalue weighted by atomic mass is 10.1. The number of carbonyl (C=O) groups is 1. The lowest BCUT2D eigenvalue weighted by molar-refractivity contribution is -0.143. The van der Waals surface area contributed by atoms with Crippen LogP contribution in [0.25, 0.3) is 0 Å². The van der Waals surface area contributed by atoms with Crippen molar-refractivity contribution in [3.63, 3.8) is 0 Å². The van der Waals surface area contributed by atoms with Gasteiger partial charge in [-0.25, -0.2) is 0 Å². The van der Waals surface area contributed by atoms with Crippen molar-refractivity contribution in [3.8, 4) is 0 Å². The van der Waals surface area contributed by atoms with Crippen LogP contribution in [-0.4, -0.2) is 60.0 Å². The van der Waals surface area contributed by atoms with Crippen LogP contribution in [0.3, 0.4) is 0 Å². The second kappa shape index (κ2) is 6.68. The van der Waals surface area contributed by atoms with E-state index in [1.165, 1.54) is 0 Å². The topological polar surface area (TPSA) is 59.4 Å². The molecule has 1 aliphatic rings. The molecule has 2 rings (SSSR count). The van der Waals surface area contributed by atoms with Crippen LogP contribution in [-0.2, 0) is 16.1 Å². The summed E-state index contributed by atoms with van der Waals surface area (Å²) in [4.78, 5) is 14.1. The summed E-state index contributed by atoms with van der Waals surface area (Å²) in [7, 11) is 1.86. The Labute approximate surface area is 113 Å². The first-order valence-corrected chi connectivity index (χ1v) is 6.73. The monoisotopic (exact) mass is 266 g/mol. The lowest BCUT2D eigenvalue weighted by Crippen LogP contribution is -2.49. The molecule has 1 N–H and O–H groups in total. The number of hydrogen-bond donors (Lipinski definition) is 1. The third kappa shape index (κ3) is 3.78. The van der Waals surface area contributed by atoms with E-state index >= 15 is 0 Å². The number of carbonyl (C=O) groups excluding carboxylic acids is 1. The fourth-order valence-electron chi connectivity index (χ4n) is 2.35. The molecule has 19 heavy (non-hydrogen) atoms. The molecule has 1 fully saturated rings. The van der Waals surface area contributed by atoms with Crippen molar-refractivity contribution in [2.45, 2.75) is 19.6 Å². The number of aromatic nitrogens is 2. The van der Waals surface area contributed by atoms with Crippen LogP contribution >= 0.6 is 0 Å². The third-order valence-electron chi connectivity index (χ3n) is 3.33. The third-order valence-corrected chi connectivity index (χ3v) is 3.33. The molecule has 1 aliphatic heterocycles. The molecule has 2 heterocycles. The number of rotatable bonds is 5. The fraction of sp³-hybridized carbons (Fsp3) is 0.692. The predicted molar refractivity (Wildman–Crippen MR) is 71.6 cm³/mol. The molecule has 0 bridgehead atoms. The summed E-state index contributed by atoms with van der Waals surface area (Å²) in [6.07, 6.45) is 3.69. The van der Waals surface area contributed by atoms with Gasteiger partial charge in [-0.2, -0.15) is 5.10 Å². The maximum atomic E-state index is 12.2. The fourth-order valence-corrected chi connectivity index (χ4v) is 2.35. The molecule has 6 heteroatoms. The van der Waals surface area contributed by atoms with E-state index in [9.17, 15) is 4.79 Å². The highest BCUT2D eigenvalue weighted by molar-refractivity contribution is 5.78. The van der Waals surface area contributed by atoms with Crippen LogP contribution in [0.1, 0.15) is 6.92 Å². The molecule has 2 unspecified atom stereocenters. The number of morpholine rings is 1. The molecule has 1 aromatic heterocycles. The number of nitrogens with zero attached hydrogens (tertiary/aromatic N) is 3. The Balaban J connectivity index is 1.88. The number of nitrogens with one attached hydrogen (secondary N) is 1. The van der Waals surface area contributed by atoms with Crippen molar-refractivity contribution in [3.05, 3.63) is 18.5 Å². The van der Waals surface area contributed by atoms with Gasteiger partial charge >= 0.3 is 0 Å². The SMILES string of the molecule is CNCC(C)C(=O)N1CCOC(Cn2cccn2)C1. The van der Waals surface area contributed by atoms with Gasteiger partial charge in [0.15, 0.2) is 0 Å². The van der Waals surface area contributed by atoms with Crippen LogP contribution in [0.5, 0.6) is 0 Å². The number of hydrogen-bond acceptors (Lipinski definition) is 4. The van der Waals surface area contributed by atoms with Crippen molar-refractivity contribution in [1.29, 1.82) is 0 Å². The molecule has 106 valence electrons. The molecule has 1 saturated heterocycles. The summed E-state index contributed by atoms with van der Waals surface area (Å²) in [6.45, 7) is 5.28. The Kier molecular flexibility index (Phi) is 4.93. The van der Waals surface area contributed by atoms with Gasteiger partial charge in [0.2, 0.25) is 5.91 Å². The minimum atomic E-state index is 0.00783. The van der Waals surface area contributed by atoms with Gasteiger partial charge in [0.1, 0.15) is 0 Å².